The smallest absolute Gasteiger partial charge is 0.408 e. The topological polar surface area (TPSA) is 132 Å². The molecule has 0 saturated carbocycles. The van der Waals surface area contributed by atoms with E-state index in [0.717, 1.165) is 11.1 Å². The van der Waals surface area contributed by atoms with Crippen molar-refractivity contribution in [3.8, 4) is 0 Å². The first-order valence-corrected chi connectivity index (χ1v) is 17.5. The Kier molecular flexibility index (Phi) is 14.4. The van der Waals surface area contributed by atoms with Gasteiger partial charge in [-0.25, -0.2) is 4.79 Å². The Morgan fingerprint density at radius 3 is 1.66 bits per heavy atom. The van der Waals surface area contributed by atoms with Gasteiger partial charge in [-0.2, -0.15) is 0 Å². The summed E-state index contributed by atoms with van der Waals surface area (Å²) < 4.78 is 29.6. The van der Waals surface area contributed by atoms with E-state index >= 15 is 0 Å². The van der Waals surface area contributed by atoms with E-state index in [9.17, 15) is 18.9 Å². The monoisotopic (exact) mass is 663 g/mol. The summed E-state index contributed by atoms with van der Waals surface area (Å²) in [7, 11) is -3.46. The van der Waals surface area contributed by atoms with Crippen LogP contribution in [0.2, 0.25) is 0 Å². The molecule has 11 heteroatoms. The van der Waals surface area contributed by atoms with Crippen LogP contribution in [-0.2, 0) is 40.8 Å². The lowest BCUT2D eigenvalue weighted by Crippen LogP contribution is -2.55. The number of amides is 3. The number of hydrogen-bond acceptors (Lipinski definition) is 7. The second kappa shape index (κ2) is 18.2. The van der Waals surface area contributed by atoms with Crippen molar-refractivity contribution in [1.29, 1.82) is 0 Å². The van der Waals surface area contributed by atoms with E-state index in [0.29, 0.717) is 11.3 Å². The van der Waals surface area contributed by atoms with Crippen LogP contribution in [0, 0.1) is 0 Å². The van der Waals surface area contributed by atoms with Gasteiger partial charge in [0, 0.05) is 18.5 Å². The van der Waals surface area contributed by atoms with Gasteiger partial charge in [-0.3, -0.25) is 14.2 Å². The molecule has 10 nitrogen and oxygen atoms in total. The van der Waals surface area contributed by atoms with Gasteiger partial charge < -0.3 is 29.7 Å². The minimum Gasteiger partial charge on any atom is -0.444 e. The van der Waals surface area contributed by atoms with Crippen molar-refractivity contribution >= 4 is 31.2 Å². The maximum absolute atomic E-state index is 14.0. The predicted molar refractivity (Wildman–Crippen MR) is 184 cm³/mol. The molecule has 0 aliphatic carbocycles. The summed E-state index contributed by atoms with van der Waals surface area (Å²) in [4.78, 5) is 40.7. The molecule has 3 aromatic carbocycles. The van der Waals surface area contributed by atoms with Crippen LogP contribution in [0.1, 0.15) is 51.3 Å². The van der Waals surface area contributed by atoms with E-state index in [1.807, 2.05) is 91.0 Å². The molecular weight excluding hydrogens is 617 g/mol. The van der Waals surface area contributed by atoms with Crippen molar-refractivity contribution in [1.82, 2.24) is 16.0 Å². The van der Waals surface area contributed by atoms with Crippen LogP contribution in [0.25, 0.3) is 5.70 Å². The molecule has 47 heavy (non-hydrogen) atoms. The molecule has 0 heterocycles. The van der Waals surface area contributed by atoms with E-state index in [-0.39, 0.29) is 32.2 Å². The van der Waals surface area contributed by atoms with Gasteiger partial charge in [0.1, 0.15) is 17.7 Å². The van der Waals surface area contributed by atoms with Crippen molar-refractivity contribution in [2.45, 2.75) is 65.1 Å². The van der Waals surface area contributed by atoms with Gasteiger partial charge in [0.15, 0.2) is 0 Å². The van der Waals surface area contributed by atoms with E-state index in [1.54, 1.807) is 40.7 Å². The van der Waals surface area contributed by atoms with Gasteiger partial charge in [-0.1, -0.05) is 91.0 Å². The van der Waals surface area contributed by atoms with Crippen molar-refractivity contribution in [2.75, 3.05) is 19.4 Å². The maximum Gasteiger partial charge on any atom is 0.408 e. The van der Waals surface area contributed by atoms with Crippen LogP contribution in [0.15, 0.2) is 97.1 Å². The van der Waals surface area contributed by atoms with Crippen LogP contribution in [0.4, 0.5) is 4.79 Å². The minimum absolute atomic E-state index is 0.0755. The fraction of sp³-hybridized carbons (Fsp3) is 0.361. The van der Waals surface area contributed by atoms with Crippen molar-refractivity contribution in [2.24, 2.45) is 0 Å². The first kappa shape index (κ1) is 37.2. The second-order valence-corrected chi connectivity index (χ2v) is 13.8. The molecule has 0 fully saturated rings. The Morgan fingerprint density at radius 2 is 1.19 bits per heavy atom. The molecule has 0 spiro atoms. The Hall–Kier alpha value is -4.24. The molecular formula is C36H46N3O7P. The standard InChI is InChI=1S/C36H46N3O7P/c1-6-44-47(43,45-7-2)24-23-30(29-21-15-10-16-22-29)37-33(40)31(25-27-17-11-8-12-18-27)38-34(41)32(26-28-19-13-9-14-20-28)39-35(42)46-36(3,4)5/h8-23,31-32H,6-7,24-26H2,1-5H3,(H,37,40)(H,38,41)(H,39,42)/b30-23+/t31-,32-/m0/s1. The molecule has 0 unspecified atom stereocenters. The van der Waals surface area contributed by atoms with Crippen LogP contribution in [0.3, 0.4) is 0 Å². The van der Waals surface area contributed by atoms with Gasteiger partial charge in [-0.05, 0) is 57.4 Å². The van der Waals surface area contributed by atoms with E-state index in [1.165, 1.54) is 0 Å². The third-order valence-corrected chi connectivity index (χ3v) is 8.65. The summed E-state index contributed by atoms with van der Waals surface area (Å²) in [6.45, 7) is 9.06. The number of rotatable bonds is 16. The van der Waals surface area contributed by atoms with E-state index < -0.39 is 43.2 Å². The van der Waals surface area contributed by atoms with Crippen LogP contribution >= 0.6 is 7.60 Å². The van der Waals surface area contributed by atoms with Crippen LogP contribution < -0.4 is 16.0 Å². The molecule has 3 N–H and O–H groups in total. The summed E-state index contributed by atoms with van der Waals surface area (Å²) in [6, 6.07) is 25.6. The lowest BCUT2D eigenvalue weighted by molar-refractivity contribution is -0.129. The minimum atomic E-state index is -3.46. The molecule has 0 saturated heterocycles. The number of benzene rings is 3. The third kappa shape index (κ3) is 13.2. The van der Waals surface area contributed by atoms with Gasteiger partial charge >= 0.3 is 13.7 Å². The maximum atomic E-state index is 14.0. The largest absolute Gasteiger partial charge is 0.444 e. The third-order valence-electron chi connectivity index (χ3n) is 6.72. The zero-order valence-electron chi connectivity index (χ0n) is 27.7. The summed E-state index contributed by atoms with van der Waals surface area (Å²) in [6.07, 6.45) is 1.13. The highest BCUT2D eigenvalue weighted by molar-refractivity contribution is 7.54. The van der Waals surface area contributed by atoms with E-state index in [2.05, 4.69) is 16.0 Å². The highest BCUT2D eigenvalue weighted by Crippen LogP contribution is 2.48. The number of alkyl carbamates (subject to hydrolysis) is 1. The quantitative estimate of drug-likeness (QED) is 0.154. The summed E-state index contributed by atoms with van der Waals surface area (Å²) in [5.41, 5.74) is 1.90. The van der Waals surface area contributed by atoms with Crippen molar-refractivity contribution in [3.05, 3.63) is 114 Å². The van der Waals surface area contributed by atoms with Crippen molar-refractivity contribution in [3.63, 3.8) is 0 Å². The number of nitrogens with one attached hydrogen (secondary N) is 3. The van der Waals surface area contributed by atoms with Gasteiger partial charge in [-0.15, -0.1) is 0 Å². The highest BCUT2D eigenvalue weighted by atomic mass is 31.2. The number of allylic oxidation sites excluding steroid dienone is 1. The Labute approximate surface area is 277 Å². The lowest BCUT2D eigenvalue weighted by Gasteiger charge is -2.26. The normalized spacial score (nSPS) is 13.3. The summed E-state index contributed by atoms with van der Waals surface area (Å²) in [5, 5.41) is 8.49. The highest BCUT2D eigenvalue weighted by Gasteiger charge is 2.30. The molecule has 3 rings (SSSR count). The summed E-state index contributed by atoms with van der Waals surface area (Å²) in [5.74, 6) is -1.06. The molecule has 0 aliphatic rings. The molecule has 0 aliphatic heterocycles. The zero-order chi connectivity index (χ0) is 34.3. The number of hydrogen-bond donors (Lipinski definition) is 3. The Bertz CT molecular complexity index is 1500. The van der Waals surface area contributed by atoms with Crippen LogP contribution in [-0.4, -0.2) is 55.0 Å². The first-order valence-electron chi connectivity index (χ1n) is 15.7. The van der Waals surface area contributed by atoms with E-state index in [4.69, 9.17) is 13.8 Å². The molecule has 0 bridgehead atoms. The molecule has 3 amide bonds. The fourth-order valence-corrected chi connectivity index (χ4v) is 6.14. The zero-order valence-corrected chi connectivity index (χ0v) is 28.6. The molecule has 0 aromatic heterocycles. The average Bonchev–Trinajstić information content (AvgIpc) is 3.03. The number of carbonyl (C=O) groups is 3. The SMILES string of the molecule is CCOP(=O)(C/C=C(/NC(=O)[C@H](Cc1ccccc1)NC(=O)[C@H](Cc1ccccc1)NC(=O)OC(C)(C)C)c1ccccc1)OCC. The lowest BCUT2D eigenvalue weighted by atomic mass is 10.0. The first-order chi connectivity index (χ1) is 22.4. The number of carbonyl (C=O) groups excluding carboxylic acids is 3. The number of ether oxygens (including phenoxy) is 1. The molecule has 252 valence electrons. The second-order valence-electron chi connectivity index (χ2n) is 11.7. The predicted octanol–water partition coefficient (Wildman–Crippen LogP) is 6.27. The van der Waals surface area contributed by atoms with Crippen LogP contribution in [0.5, 0.6) is 0 Å². The molecule has 2 atom stereocenters. The summed E-state index contributed by atoms with van der Waals surface area (Å²) >= 11 is 0. The van der Waals surface area contributed by atoms with Crippen molar-refractivity contribution < 1.29 is 32.7 Å². The molecule has 3 aromatic rings. The Morgan fingerprint density at radius 1 is 0.723 bits per heavy atom. The Balaban J connectivity index is 1.93. The van der Waals surface area contributed by atoms with Gasteiger partial charge in [0.05, 0.1) is 19.4 Å². The molecule has 0 radical (unpaired) electrons. The fourth-order valence-electron chi connectivity index (χ4n) is 4.66. The van der Waals surface area contributed by atoms with Gasteiger partial charge in [0.25, 0.3) is 0 Å². The average molecular weight is 664 g/mol. The van der Waals surface area contributed by atoms with Gasteiger partial charge in [0.2, 0.25) is 11.8 Å².